The zero-order chi connectivity index (χ0) is 23.2. The van der Waals surface area contributed by atoms with Crippen LogP contribution in [0.5, 0.6) is 0 Å². The lowest BCUT2D eigenvalue weighted by Gasteiger charge is -2.08. The normalized spacial score (nSPS) is 11.4. The fourth-order valence-corrected chi connectivity index (χ4v) is 3.48. The van der Waals surface area contributed by atoms with Gasteiger partial charge >= 0.3 is 11.9 Å². The Morgan fingerprint density at radius 2 is 1.48 bits per heavy atom. The summed E-state index contributed by atoms with van der Waals surface area (Å²) in [6, 6.07) is 0. The Morgan fingerprint density at radius 3 is 1.86 bits per heavy atom. The molecule has 168 valence electrons. The van der Waals surface area contributed by atoms with Crippen molar-refractivity contribution < 1.29 is 34.2 Å². The highest BCUT2D eigenvalue weighted by molar-refractivity contribution is 8.14. The maximum atomic E-state index is 10.8. The molecule has 2 N–H and O–H groups in total. The number of rotatable bonds is 12. The molecule has 0 heterocycles. The molecule has 0 aliphatic heterocycles. The average Bonchev–Trinajstić information content (AvgIpc) is 2.61. The summed E-state index contributed by atoms with van der Waals surface area (Å²) < 4.78 is 0. The van der Waals surface area contributed by atoms with Crippen molar-refractivity contribution in [1.82, 2.24) is 0 Å². The Labute approximate surface area is 191 Å². The fraction of sp³-hybridized carbons (Fsp3) is 0.667. The standard InChI is InChI=1S/C10H16O4S2.C6H12O2S2.C2H2O/c1-7(11)15-6-4-3-5-9(10(13)14)16-8(2)12;7-6(8)5(10)3-1-2-4-9;1-2-3/h9H,3-6H2,1-2H3,(H,13,14);5,9-10H,1-4H2,(H,7,8);1H2. The highest BCUT2D eigenvalue weighted by Crippen LogP contribution is 2.19. The molecule has 0 aliphatic rings. The molecule has 0 aromatic heterocycles. The number of carbonyl (C=O) groups is 4. The topological polar surface area (TPSA) is 126 Å². The van der Waals surface area contributed by atoms with Gasteiger partial charge in [0.15, 0.2) is 10.2 Å². The lowest BCUT2D eigenvalue weighted by Crippen LogP contribution is -2.17. The molecule has 0 saturated carbocycles. The van der Waals surface area contributed by atoms with Crippen molar-refractivity contribution in [2.24, 2.45) is 0 Å². The van der Waals surface area contributed by atoms with E-state index in [9.17, 15) is 19.2 Å². The number of carboxylic acids is 2. The lowest BCUT2D eigenvalue weighted by atomic mass is 10.2. The number of thioether (sulfide) groups is 2. The van der Waals surface area contributed by atoms with E-state index in [-0.39, 0.29) is 10.2 Å². The molecule has 0 aliphatic carbocycles. The summed E-state index contributed by atoms with van der Waals surface area (Å²) in [6.07, 6.45) is 4.48. The van der Waals surface area contributed by atoms with Crippen LogP contribution in [-0.2, 0) is 24.0 Å². The molecule has 2 unspecified atom stereocenters. The molecule has 0 radical (unpaired) electrons. The minimum atomic E-state index is -0.945. The van der Waals surface area contributed by atoms with E-state index in [2.05, 4.69) is 31.8 Å². The SMILES string of the molecule is C=C=O.CC(=O)SCCCCC(SC(C)=O)C(=O)O.O=C(O)C(S)CCCCS. The maximum Gasteiger partial charge on any atom is 0.317 e. The Balaban J connectivity index is -0.000000443. The average molecular weight is 487 g/mol. The Bertz CT molecular complexity index is 520. The van der Waals surface area contributed by atoms with Gasteiger partial charge in [0.05, 0.1) is 5.25 Å². The zero-order valence-electron chi connectivity index (χ0n) is 16.7. The largest absolute Gasteiger partial charge is 0.480 e. The first-order chi connectivity index (χ1) is 13.5. The van der Waals surface area contributed by atoms with E-state index in [1.54, 1.807) is 0 Å². The van der Waals surface area contributed by atoms with Gasteiger partial charge < -0.3 is 10.2 Å². The predicted octanol–water partition coefficient (Wildman–Crippen LogP) is 3.64. The van der Waals surface area contributed by atoms with Crippen LogP contribution in [0.1, 0.15) is 52.4 Å². The Morgan fingerprint density at radius 1 is 0.966 bits per heavy atom. The molecule has 0 fully saturated rings. The van der Waals surface area contributed by atoms with Gasteiger partial charge in [0.2, 0.25) is 0 Å². The molecule has 2 atom stereocenters. The minimum Gasteiger partial charge on any atom is -0.480 e. The Hall–Kier alpha value is -0.870. The van der Waals surface area contributed by atoms with E-state index >= 15 is 0 Å². The summed E-state index contributed by atoms with van der Waals surface area (Å²) in [5.74, 6) is 1.01. The van der Waals surface area contributed by atoms with Crippen molar-refractivity contribution in [2.45, 2.75) is 62.9 Å². The molecule has 7 nitrogen and oxygen atoms in total. The van der Waals surface area contributed by atoms with Crippen LogP contribution >= 0.6 is 48.8 Å². The second-order valence-corrected chi connectivity index (χ2v) is 9.21. The molecule has 0 amide bonds. The van der Waals surface area contributed by atoms with Crippen LogP contribution in [0.3, 0.4) is 0 Å². The van der Waals surface area contributed by atoms with Gasteiger partial charge in [-0.05, 0) is 38.0 Å². The van der Waals surface area contributed by atoms with Crippen molar-refractivity contribution in [2.75, 3.05) is 11.5 Å². The molecule has 29 heavy (non-hydrogen) atoms. The van der Waals surface area contributed by atoms with Crippen molar-refractivity contribution in [3.63, 3.8) is 0 Å². The molecule has 11 heteroatoms. The minimum absolute atomic E-state index is 0.0768. The molecule has 0 rings (SSSR count). The second-order valence-electron chi connectivity index (χ2n) is 5.49. The smallest absolute Gasteiger partial charge is 0.317 e. The van der Waals surface area contributed by atoms with Gasteiger partial charge in [-0.3, -0.25) is 19.2 Å². The third-order valence-corrected chi connectivity index (χ3v) is 5.67. The van der Waals surface area contributed by atoms with Crippen molar-refractivity contribution in [3.05, 3.63) is 6.58 Å². The summed E-state index contributed by atoms with van der Waals surface area (Å²) in [6.45, 7) is 5.56. The van der Waals surface area contributed by atoms with Gasteiger partial charge in [-0.15, -0.1) is 0 Å². The first-order valence-electron chi connectivity index (χ1n) is 8.72. The molecular formula is C18H30O7S4. The van der Waals surface area contributed by atoms with Gasteiger partial charge in [0, 0.05) is 19.6 Å². The van der Waals surface area contributed by atoms with Crippen LogP contribution in [0, 0.1) is 0 Å². The van der Waals surface area contributed by atoms with Crippen LogP contribution < -0.4 is 0 Å². The van der Waals surface area contributed by atoms with Crippen LogP contribution in [0.4, 0.5) is 0 Å². The molecule has 0 spiro atoms. The number of hydrogen-bond donors (Lipinski definition) is 4. The summed E-state index contributed by atoms with van der Waals surface area (Å²) in [5, 5.41) is 16.0. The Kier molecular flexibility index (Phi) is 26.5. The van der Waals surface area contributed by atoms with E-state index in [1.165, 1.54) is 31.6 Å². The highest BCUT2D eigenvalue weighted by Gasteiger charge is 2.19. The summed E-state index contributed by atoms with van der Waals surface area (Å²) in [5.41, 5.74) is 0. The van der Waals surface area contributed by atoms with E-state index in [0.717, 1.165) is 43.2 Å². The van der Waals surface area contributed by atoms with Crippen LogP contribution in [-0.4, -0.2) is 60.3 Å². The van der Waals surface area contributed by atoms with E-state index in [4.69, 9.17) is 15.0 Å². The highest BCUT2D eigenvalue weighted by atomic mass is 32.2. The van der Waals surface area contributed by atoms with Crippen molar-refractivity contribution >= 4 is 76.9 Å². The molecule has 0 saturated heterocycles. The second kappa shape index (κ2) is 23.4. The van der Waals surface area contributed by atoms with E-state index in [0.29, 0.717) is 18.6 Å². The number of carboxylic acid groups (broad SMARTS) is 2. The summed E-state index contributed by atoms with van der Waals surface area (Å²) in [7, 11) is 0. The van der Waals surface area contributed by atoms with E-state index < -0.39 is 22.4 Å². The molecule has 0 aromatic rings. The fourth-order valence-electron chi connectivity index (χ4n) is 1.65. The maximum absolute atomic E-state index is 10.8. The molecular weight excluding hydrogens is 456 g/mol. The first kappa shape index (κ1) is 32.8. The first-order valence-corrected chi connectivity index (χ1v) is 11.7. The van der Waals surface area contributed by atoms with Crippen LogP contribution in [0.25, 0.3) is 0 Å². The predicted molar refractivity (Wildman–Crippen MR) is 126 cm³/mol. The van der Waals surface area contributed by atoms with Crippen LogP contribution in [0.15, 0.2) is 6.58 Å². The number of carbonyl (C=O) groups excluding carboxylic acids is 3. The summed E-state index contributed by atoms with van der Waals surface area (Å²) in [4.78, 5) is 50.9. The van der Waals surface area contributed by atoms with Gasteiger partial charge in [-0.1, -0.05) is 36.4 Å². The van der Waals surface area contributed by atoms with Gasteiger partial charge in [-0.25, -0.2) is 4.79 Å². The third-order valence-electron chi connectivity index (χ3n) is 2.92. The van der Waals surface area contributed by atoms with Gasteiger partial charge in [-0.2, -0.15) is 25.3 Å². The van der Waals surface area contributed by atoms with Crippen LogP contribution in [0.2, 0.25) is 0 Å². The molecule has 0 aromatic carbocycles. The van der Waals surface area contributed by atoms with Crippen molar-refractivity contribution in [1.29, 1.82) is 0 Å². The van der Waals surface area contributed by atoms with Gasteiger partial charge in [0.1, 0.15) is 11.2 Å². The summed E-state index contributed by atoms with van der Waals surface area (Å²) >= 11 is 9.98. The number of aliphatic carboxylic acids is 2. The van der Waals surface area contributed by atoms with Crippen molar-refractivity contribution in [3.8, 4) is 0 Å². The lowest BCUT2D eigenvalue weighted by molar-refractivity contribution is -0.137. The third kappa shape index (κ3) is 29.4. The van der Waals surface area contributed by atoms with Gasteiger partial charge in [0.25, 0.3) is 0 Å². The number of hydrogen-bond acceptors (Lipinski definition) is 9. The quantitative estimate of drug-likeness (QED) is 0.186. The van der Waals surface area contributed by atoms with E-state index in [1.807, 2.05) is 0 Å². The number of unbranched alkanes of at least 4 members (excludes halogenated alkanes) is 2. The monoisotopic (exact) mass is 486 g/mol. The zero-order valence-corrected chi connectivity index (χ0v) is 20.1. The number of thiol groups is 2. The molecule has 0 bridgehead atoms.